The van der Waals surface area contributed by atoms with Gasteiger partial charge in [-0.25, -0.2) is 0 Å². The Morgan fingerprint density at radius 2 is 2.17 bits per heavy atom. The maximum absolute atomic E-state index is 5.59. The van der Waals surface area contributed by atoms with Crippen molar-refractivity contribution in [3.8, 4) is 0 Å². The van der Waals surface area contributed by atoms with Crippen LogP contribution >= 0.6 is 11.3 Å². The molecule has 12 heavy (non-hydrogen) atoms. The van der Waals surface area contributed by atoms with Crippen molar-refractivity contribution in [1.29, 1.82) is 0 Å². The van der Waals surface area contributed by atoms with Gasteiger partial charge in [-0.15, -0.1) is 0 Å². The molecule has 1 heterocycles. The third kappa shape index (κ3) is 2.09. The molecule has 0 saturated carbocycles. The molecule has 0 fully saturated rings. The van der Waals surface area contributed by atoms with Crippen molar-refractivity contribution in [3.63, 3.8) is 0 Å². The molecule has 0 bridgehead atoms. The van der Waals surface area contributed by atoms with E-state index in [1.54, 1.807) is 11.3 Å². The van der Waals surface area contributed by atoms with Crippen molar-refractivity contribution in [2.75, 3.05) is 5.73 Å². The molecule has 4 heteroatoms. The second-order valence-electron chi connectivity index (χ2n) is 2.33. The summed E-state index contributed by atoms with van der Waals surface area (Å²) in [5.41, 5.74) is 7.35. The van der Waals surface area contributed by atoms with Crippen molar-refractivity contribution >= 4 is 27.2 Å². The van der Waals surface area contributed by atoms with Gasteiger partial charge >= 0.3 is 58.2 Å². The summed E-state index contributed by atoms with van der Waals surface area (Å²) in [6.07, 6.45) is 0. The Hall–Kier alpha value is 0.585. The molecule has 0 unspecified atom stereocenters. The van der Waals surface area contributed by atoms with Crippen LogP contribution in [-0.4, -0.2) is 4.98 Å². The predicted molar refractivity (Wildman–Crippen MR) is 48.5 cm³/mol. The van der Waals surface area contributed by atoms with Crippen LogP contribution in [0.3, 0.4) is 0 Å². The van der Waals surface area contributed by atoms with E-state index in [0.29, 0.717) is 0 Å². The van der Waals surface area contributed by atoms with Gasteiger partial charge in [-0.2, -0.15) is 11.3 Å². The normalized spacial score (nSPS) is 9.67. The van der Waals surface area contributed by atoms with Crippen LogP contribution < -0.4 is 63.9 Å². The number of anilines is 1. The minimum absolute atomic E-state index is 0. The number of thiazole rings is 1. The number of benzene rings is 1. The summed E-state index contributed by atoms with van der Waals surface area (Å²) in [4.78, 5) is 4.21. The Bertz CT molecular complexity index is 397. The first-order valence-electron chi connectivity index (χ1n) is 3.24. The first-order chi connectivity index (χ1) is 5.25. The topological polar surface area (TPSA) is 38.9 Å². The molecule has 0 aliphatic carbocycles. The quantitative estimate of drug-likeness (QED) is 0.483. The summed E-state index contributed by atoms with van der Waals surface area (Å²) in [6.45, 7) is 3.75. The number of hydrogen-bond acceptors (Lipinski definition) is 3. The van der Waals surface area contributed by atoms with Crippen molar-refractivity contribution in [2.45, 2.75) is 0 Å². The van der Waals surface area contributed by atoms with E-state index in [-0.39, 0.29) is 58.2 Å². The monoisotopic (exact) mass is 248 g/mol. The number of rotatable bonds is 0. The fourth-order valence-corrected chi connectivity index (χ4v) is 1.80. The summed E-state index contributed by atoms with van der Waals surface area (Å²) in [5.74, 6) is 0. The smallest absolute Gasteiger partial charge is 0.399 e. The molecule has 1 aromatic carbocycles. The maximum atomic E-state index is 5.59. The number of aromatic nitrogens is 1. The second kappa shape index (κ2) is 4.20. The van der Waals surface area contributed by atoms with Crippen LogP contribution in [0.15, 0.2) is 18.2 Å². The number of fused-ring (bicyclic) bond motifs is 1. The van der Waals surface area contributed by atoms with E-state index < -0.39 is 0 Å². The van der Waals surface area contributed by atoms with Gasteiger partial charge in [0.1, 0.15) is 0 Å². The van der Waals surface area contributed by atoms with E-state index >= 15 is 0 Å². The standard InChI is InChI=1S/C8H7N2S.Rb/c1-5-10-7-3-2-6(9)4-8(7)11-5;/h2-4H,1,9H2;/q-1;+1. The molecule has 2 nitrogen and oxygen atoms in total. The molecule has 0 amide bonds. The van der Waals surface area contributed by atoms with Gasteiger partial charge in [0.2, 0.25) is 0 Å². The fraction of sp³-hybridized carbons (Fsp3) is 0. The minimum atomic E-state index is 0. The van der Waals surface area contributed by atoms with E-state index in [4.69, 9.17) is 5.73 Å². The summed E-state index contributed by atoms with van der Waals surface area (Å²) in [7, 11) is 0. The molecular weight excluding hydrogens is 242 g/mol. The van der Waals surface area contributed by atoms with Crippen LogP contribution in [0.1, 0.15) is 5.01 Å². The predicted octanol–water partition coefficient (Wildman–Crippen LogP) is -0.935. The van der Waals surface area contributed by atoms with Gasteiger partial charge in [0.05, 0.1) is 10.2 Å². The third-order valence-corrected chi connectivity index (χ3v) is 2.33. The maximum Gasteiger partial charge on any atom is 1.00 e. The van der Waals surface area contributed by atoms with E-state index in [9.17, 15) is 0 Å². The fourth-order valence-electron chi connectivity index (χ4n) is 0.989. The molecule has 1 aromatic heterocycles. The summed E-state index contributed by atoms with van der Waals surface area (Å²) < 4.78 is 1.11. The average molecular weight is 249 g/mol. The van der Waals surface area contributed by atoms with Crippen LogP contribution in [0.5, 0.6) is 0 Å². The summed E-state index contributed by atoms with van der Waals surface area (Å²) in [6, 6.07) is 5.68. The molecule has 2 rings (SSSR count). The van der Waals surface area contributed by atoms with E-state index in [2.05, 4.69) is 11.9 Å². The molecule has 0 aliphatic heterocycles. The Morgan fingerprint density at radius 1 is 1.42 bits per heavy atom. The average Bonchev–Trinajstić information content (AvgIpc) is 2.27. The van der Waals surface area contributed by atoms with Crippen LogP contribution in [0.25, 0.3) is 10.2 Å². The van der Waals surface area contributed by atoms with E-state index in [1.165, 1.54) is 0 Å². The zero-order chi connectivity index (χ0) is 7.84. The zero-order valence-corrected chi connectivity index (χ0v) is 12.6. The van der Waals surface area contributed by atoms with Crippen LogP contribution in [-0.2, 0) is 0 Å². The van der Waals surface area contributed by atoms with Crippen molar-refractivity contribution in [1.82, 2.24) is 4.98 Å². The van der Waals surface area contributed by atoms with Gasteiger partial charge < -0.3 is 12.7 Å². The van der Waals surface area contributed by atoms with E-state index in [1.807, 2.05) is 18.2 Å². The number of nitrogens with two attached hydrogens (primary N) is 1. The molecule has 0 spiro atoms. The molecule has 0 radical (unpaired) electrons. The van der Waals surface area contributed by atoms with Crippen molar-refractivity contribution in [2.24, 2.45) is 0 Å². The molecular formula is C8H7N2RbS. The minimum Gasteiger partial charge on any atom is -0.399 e. The Kier molecular flexibility index (Phi) is 3.73. The Balaban J connectivity index is 0.000000720. The first kappa shape index (κ1) is 10.7. The van der Waals surface area contributed by atoms with E-state index in [0.717, 1.165) is 20.9 Å². The Morgan fingerprint density at radius 3 is 2.92 bits per heavy atom. The molecule has 0 aliphatic rings. The summed E-state index contributed by atoms with van der Waals surface area (Å²) >= 11 is 1.56. The van der Waals surface area contributed by atoms with Crippen molar-refractivity contribution < 1.29 is 58.2 Å². The zero-order valence-electron chi connectivity index (χ0n) is 6.87. The third-order valence-electron chi connectivity index (χ3n) is 1.46. The number of hydrogen-bond donors (Lipinski definition) is 1. The van der Waals surface area contributed by atoms with Gasteiger partial charge in [-0.3, -0.25) is 4.98 Å². The van der Waals surface area contributed by atoms with Crippen molar-refractivity contribution in [3.05, 3.63) is 30.1 Å². The van der Waals surface area contributed by atoms with Gasteiger partial charge in [0, 0.05) is 5.69 Å². The van der Waals surface area contributed by atoms with Crippen LogP contribution in [0, 0.1) is 6.92 Å². The molecule has 2 N–H and O–H groups in total. The first-order valence-corrected chi connectivity index (χ1v) is 4.05. The van der Waals surface area contributed by atoms with Crippen LogP contribution in [0.4, 0.5) is 5.69 Å². The van der Waals surface area contributed by atoms with Gasteiger partial charge in [0.15, 0.2) is 0 Å². The SMILES string of the molecule is [CH2-]c1nc2ccc(N)cc2s1.[Rb+]. The summed E-state index contributed by atoms with van der Waals surface area (Å²) in [5, 5.41) is 0.839. The molecule has 2 aromatic rings. The Labute approximate surface area is 124 Å². The molecule has 0 atom stereocenters. The van der Waals surface area contributed by atoms with Gasteiger partial charge in [0.25, 0.3) is 0 Å². The largest absolute Gasteiger partial charge is 1.00 e. The second-order valence-corrected chi connectivity index (χ2v) is 3.45. The van der Waals surface area contributed by atoms with Gasteiger partial charge in [-0.05, 0) is 23.2 Å². The number of nitrogen functional groups attached to an aromatic ring is 1. The number of nitrogens with zero attached hydrogens (tertiary/aromatic N) is 1. The van der Waals surface area contributed by atoms with Crippen LogP contribution in [0.2, 0.25) is 0 Å². The van der Waals surface area contributed by atoms with Gasteiger partial charge in [-0.1, -0.05) is 0 Å². The molecule has 56 valence electrons. The molecule has 0 saturated heterocycles.